The predicted octanol–water partition coefficient (Wildman–Crippen LogP) is 3.81. The molecule has 0 saturated heterocycles. The third kappa shape index (κ3) is 4.14. The van der Waals surface area contributed by atoms with Gasteiger partial charge in [-0.25, -0.2) is 4.39 Å². The van der Waals surface area contributed by atoms with Crippen molar-refractivity contribution in [1.82, 2.24) is 0 Å². The molecule has 0 saturated carbocycles. The average molecular weight is 366 g/mol. The van der Waals surface area contributed by atoms with Gasteiger partial charge in [0.15, 0.2) is 6.61 Å². The van der Waals surface area contributed by atoms with Gasteiger partial charge in [0.1, 0.15) is 11.6 Å². The quantitative estimate of drug-likeness (QED) is 0.819. The number of ether oxygens (including phenoxy) is 1. The third-order valence-electron chi connectivity index (χ3n) is 2.79. The number of hydrogen-bond donors (Lipinski definition) is 1. The van der Waals surface area contributed by atoms with Crippen LogP contribution in [0.2, 0.25) is 0 Å². The lowest BCUT2D eigenvalue weighted by molar-refractivity contribution is -0.114. The number of para-hydroxylation sites is 1. The first kappa shape index (κ1) is 16.2. The molecule has 0 unspecified atom stereocenters. The Morgan fingerprint density at radius 2 is 1.95 bits per heavy atom. The molecule has 22 heavy (non-hydrogen) atoms. The summed E-state index contributed by atoms with van der Waals surface area (Å²) in [4.78, 5) is 22.9. The highest BCUT2D eigenvalue weighted by Crippen LogP contribution is 2.24. The number of nitrogens with one attached hydrogen (secondary N) is 1. The van der Waals surface area contributed by atoms with Crippen LogP contribution in [0.15, 0.2) is 46.9 Å². The molecule has 0 atom stereocenters. The zero-order valence-corrected chi connectivity index (χ0v) is 13.3. The Hall–Kier alpha value is -2.21. The molecule has 1 amide bonds. The Morgan fingerprint density at radius 3 is 2.59 bits per heavy atom. The second kappa shape index (κ2) is 7.17. The number of ketones is 1. The SMILES string of the molecule is CC(=O)Nc1ccc(C(=O)COc2ccccc2Br)c(F)c1. The van der Waals surface area contributed by atoms with Gasteiger partial charge in [0, 0.05) is 12.6 Å². The molecule has 1 N–H and O–H groups in total. The highest BCUT2D eigenvalue weighted by atomic mass is 79.9. The normalized spacial score (nSPS) is 10.1. The summed E-state index contributed by atoms with van der Waals surface area (Å²) in [6.45, 7) is 1.04. The molecule has 2 aromatic rings. The fourth-order valence-electron chi connectivity index (χ4n) is 1.81. The molecule has 0 aromatic heterocycles. The van der Waals surface area contributed by atoms with Gasteiger partial charge in [-0.05, 0) is 46.3 Å². The highest BCUT2D eigenvalue weighted by Gasteiger charge is 2.14. The van der Waals surface area contributed by atoms with Crippen LogP contribution in [0.4, 0.5) is 10.1 Å². The number of benzene rings is 2. The van der Waals surface area contributed by atoms with Crippen LogP contribution in [0.1, 0.15) is 17.3 Å². The molecule has 0 aliphatic carbocycles. The molecule has 0 aliphatic rings. The zero-order chi connectivity index (χ0) is 16.1. The summed E-state index contributed by atoms with van der Waals surface area (Å²) in [6, 6.07) is 11.0. The van der Waals surface area contributed by atoms with Crippen molar-refractivity contribution in [3.8, 4) is 5.75 Å². The monoisotopic (exact) mass is 365 g/mol. The second-order valence-electron chi connectivity index (χ2n) is 4.52. The lowest BCUT2D eigenvalue weighted by atomic mass is 10.1. The molecule has 0 heterocycles. The van der Waals surface area contributed by atoms with Crippen LogP contribution >= 0.6 is 15.9 Å². The third-order valence-corrected chi connectivity index (χ3v) is 3.44. The summed E-state index contributed by atoms with van der Waals surface area (Å²) in [6.07, 6.45) is 0. The van der Waals surface area contributed by atoms with E-state index in [-0.39, 0.29) is 18.1 Å². The molecule has 2 aromatic carbocycles. The van der Waals surface area contributed by atoms with Crippen LogP contribution in [0.3, 0.4) is 0 Å². The molecule has 0 bridgehead atoms. The van der Waals surface area contributed by atoms with Gasteiger partial charge < -0.3 is 10.1 Å². The maximum Gasteiger partial charge on any atom is 0.221 e. The average Bonchev–Trinajstić information content (AvgIpc) is 2.45. The van der Waals surface area contributed by atoms with Crippen molar-refractivity contribution in [3.05, 3.63) is 58.3 Å². The van der Waals surface area contributed by atoms with E-state index < -0.39 is 11.6 Å². The number of rotatable bonds is 5. The molecule has 0 radical (unpaired) electrons. The van der Waals surface area contributed by atoms with E-state index in [4.69, 9.17) is 4.74 Å². The molecule has 6 heteroatoms. The van der Waals surface area contributed by atoms with Crippen LogP contribution in [-0.2, 0) is 4.79 Å². The molecule has 0 fully saturated rings. The number of carbonyl (C=O) groups excluding carboxylic acids is 2. The fraction of sp³-hybridized carbons (Fsp3) is 0.125. The minimum atomic E-state index is -0.702. The largest absolute Gasteiger partial charge is 0.484 e. The van der Waals surface area contributed by atoms with E-state index in [1.54, 1.807) is 18.2 Å². The van der Waals surface area contributed by atoms with Gasteiger partial charge >= 0.3 is 0 Å². The van der Waals surface area contributed by atoms with Gasteiger partial charge in [0.2, 0.25) is 11.7 Å². The minimum absolute atomic E-state index is 0.0823. The Bertz CT molecular complexity index is 718. The Kier molecular flexibility index (Phi) is 5.27. The topological polar surface area (TPSA) is 55.4 Å². The lowest BCUT2D eigenvalue weighted by Crippen LogP contribution is -2.14. The van der Waals surface area contributed by atoms with Crippen molar-refractivity contribution in [2.24, 2.45) is 0 Å². The van der Waals surface area contributed by atoms with Crippen LogP contribution in [0.25, 0.3) is 0 Å². The summed E-state index contributed by atoms with van der Waals surface area (Å²) in [5.41, 5.74) is 0.217. The first-order valence-corrected chi connectivity index (χ1v) is 7.24. The van der Waals surface area contributed by atoms with Gasteiger partial charge in [-0.1, -0.05) is 12.1 Å². The van der Waals surface area contributed by atoms with Gasteiger partial charge in [0.25, 0.3) is 0 Å². The van der Waals surface area contributed by atoms with E-state index in [1.165, 1.54) is 19.1 Å². The van der Waals surface area contributed by atoms with Crippen molar-refractivity contribution in [1.29, 1.82) is 0 Å². The second-order valence-corrected chi connectivity index (χ2v) is 5.37. The van der Waals surface area contributed by atoms with E-state index in [9.17, 15) is 14.0 Å². The van der Waals surface area contributed by atoms with E-state index in [0.29, 0.717) is 15.9 Å². The summed E-state index contributed by atoms with van der Waals surface area (Å²) < 4.78 is 20.0. The van der Waals surface area contributed by atoms with E-state index in [0.717, 1.165) is 6.07 Å². The molecule has 114 valence electrons. The predicted molar refractivity (Wildman–Crippen MR) is 84.7 cm³/mol. The number of Topliss-reactive ketones (excluding diaryl/α,β-unsaturated/α-hetero) is 1. The molecule has 0 spiro atoms. The van der Waals surface area contributed by atoms with Crippen molar-refractivity contribution in [2.75, 3.05) is 11.9 Å². The summed E-state index contributed by atoms with van der Waals surface area (Å²) in [7, 11) is 0. The molecule has 4 nitrogen and oxygen atoms in total. The van der Waals surface area contributed by atoms with Crippen molar-refractivity contribution < 1.29 is 18.7 Å². The van der Waals surface area contributed by atoms with Crippen molar-refractivity contribution >= 4 is 33.3 Å². The fourth-order valence-corrected chi connectivity index (χ4v) is 2.20. The Labute approximate surface area is 135 Å². The smallest absolute Gasteiger partial charge is 0.221 e. The summed E-state index contributed by atoms with van der Waals surface area (Å²) >= 11 is 3.30. The highest BCUT2D eigenvalue weighted by molar-refractivity contribution is 9.10. The molecular weight excluding hydrogens is 353 g/mol. The first-order valence-electron chi connectivity index (χ1n) is 6.45. The van der Waals surface area contributed by atoms with E-state index >= 15 is 0 Å². The number of anilines is 1. The Morgan fingerprint density at radius 1 is 1.23 bits per heavy atom. The number of halogens is 2. The van der Waals surface area contributed by atoms with Crippen LogP contribution in [0.5, 0.6) is 5.75 Å². The van der Waals surface area contributed by atoms with Crippen molar-refractivity contribution in [3.63, 3.8) is 0 Å². The van der Waals surface area contributed by atoms with Crippen LogP contribution in [0, 0.1) is 5.82 Å². The number of carbonyl (C=O) groups is 2. The van der Waals surface area contributed by atoms with E-state index in [1.807, 2.05) is 6.07 Å². The maximum atomic E-state index is 13.9. The van der Waals surface area contributed by atoms with Gasteiger partial charge in [-0.15, -0.1) is 0 Å². The minimum Gasteiger partial charge on any atom is -0.484 e. The lowest BCUT2D eigenvalue weighted by Gasteiger charge is -2.09. The van der Waals surface area contributed by atoms with Crippen molar-refractivity contribution in [2.45, 2.75) is 6.92 Å². The molecular formula is C16H13BrFNO3. The van der Waals surface area contributed by atoms with Crippen LogP contribution < -0.4 is 10.1 Å². The number of amides is 1. The van der Waals surface area contributed by atoms with Gasteiger partial charge in [-0.2, -0.15) is 0 Å². The first-order chi connectivity index (χ1) is 10.5. The summed E-state index contributed by atoms with van der Waals surface area (Å²) in [5, 5.41) is 2.45. The van der Waals surface area contributed by atoms with Gasteiger partial charge in [0.05, 0.1) is 10.0 Å². The summed E-state index contributed by atoms with van der Waals surface area (Å²) in [5.74, 6) is -0.989. The number of hydrogen-bond acceptors (Lipinski definition) is 3. The van der Waals surface area contributed by atoms with E-state index in [2.05, 4.69) is 21.2 Å². The zero-order valence-electron chi connectivity index (χ0n) is 11.7. The van der Waals surface area contributed by atoms with Gasteiger partial charge in [-0.3, -0.25) is 9.59 Å². The molecule has 2 rings (SSSR count). The Balaban J connectivity index is 2.06. The maximum absolute atomic E-state index is 13.9. The van der Waals surface area contributed by atoms with Crippen LogP contribution in [-0.4, -0.2) is 18.3 Å². The molecule has 0 aliphatic heterocycles. The standard InChI is InChI=1S/C16H13BrFNO3/c1-10(20)19-11-6-7-12(14(18)8-11)15(21)9-22-16-5-3-2-4-13(16)17/h2-8H,9H2,1H3,(H,19,20).